The summed E-state index contributed by atoms with van der Waals surface area (Å²) >= 11 is 0. The van der Waals surface area contributed by atoms with Crippen molar-refractivity contribution in [3.05, 3.63) is 0 Å². The van der Waals surface area contributed by atoms with Crippen LogP contribution in [0.4, 0.5) is 0 Å². The van der Waals surface area contributed by atoms with E-state index in [-0.39, 0.29) is 12.8 Å². The number of aliphatic hydroxyl groups is 1. The van der Waals surface area contributed by atoms with E-state index in [1.165, 1.54) is 38.5 Å². The van der Waals surface area contributed by atoms with Crippen LogP contribution in [-0.4, -0.2) is 34.4 Å². The van der Waals surface area contributed by atoms with Gasteiger partial charge in [-0.25, -0.2) is 0 Å². The molecule has 2 atom stereocenters. The van der Waals surface area contributed by atoms with E-state index in [0.29, 0.717) is 6.42 Å². The zero-order chi connectivity index (χ0) is 17.5. The van der Waals surface area contributed by atoms with Crippen molar-refractivity contribution in [2.45, 2.75) is 96.2 Å². The highest BCUT2D eigenvalue weighted by Gasteiger charge is 2.20. The molecule has 0 aliphatic heterocycles. The van der Waals surface area contributed by atoms with Gasteiger partial charge in [0.05, 0.1) is 0 Å². The maximum atomic E-state index is 11.0. The van der Waals surface area contributed by atoms with E-state index in [1.54, 1.807) is 0 Å². The summed E-state index contributed by atoms with van der Waals surface area (Å²) in [5, 5.41) is 21.5. The third-order valence-electron chi connectivity index (χ3n) is 3.95. The molecule has 0 rings (SSSR count). The number of carboxylic acid groups (broad SMARTS) is 1. The SMILES string of the molecule is CCCCCCCCCCCC(O)NC(CCC(N)=O)C(=O)O. The van der Waals surface area contributed by atoms with Crippen LogP contribution in [-0.2, 0) is 9.59 Å². The Morgan fingerprint density at radius 3 is 1.96 bits per heavy atom. The molecule has 23 heavy (non-hydrogen) atoms. The molecule has 0 bridgehead atoms. The number of carboxylic acids is 1. The summed E-state index contributed by atoms with van der Waals surface area (Å²) in [4.78, 5) is 21.8. The summed E-state index contributed by atoms with van der Waals surface area (Å²) in [5.74, 6) is -1.61. The number of aliphatic carboxylic acids is 1. The fraction of sp³-hybridized carbons (Fsp3) is 0.882. The van der Waals surface area contributed by atoms with Crippen LogP contribution in [0.15, 0.2) is 0 Å². The number of unbranched alkanes of at least 4 members (excludes halogenated alkanes) is 8. The van der Waals surface area contributed by atoms with E-state index < -0.39 is 24.1 Å². The molecule has 0 aromatic heterocycles. The Morgan fingerprint density at radius 1 is 0.957 bits per heavy atom. The van der Waals surface area contributed by atoms with Crippen molar-refractivity contribution in [2.24, 2.45) is 5.73 Å². The Balaban J connectivity index is 3.65. The lowest BCUT2D eigenvalue weighted by Crippen LogP contribution is -2.43. The number of hydrogen-bond donors (Lipinski definition) is 4. The highest BCUT2D eigenvalue weighted by atomic mass is 16.4. The molecule has 0 saturated carbocycles. The predicted octanol–water partition coefficient (Wildman–Crippen LogP) is 2.53. The van der Waals surface area contributed by atoms with Crippen LogP contribution >= 0.6 is 0 Å². The van der Waals surface area contributed by atoms with Gasteiger partial charge in [0.2, 0.25) is 5.91 Å². The number of nitrogens with one attached hydrogen (secondary N) is 1. The number of carbonyl (C=O) groups excluding carboxylic acids is 1. The van der Waals surface area contributed by atoms with Crippen molar-refractivity contribution < 1.29 is 19.8 Å². The summed E-state index contributed by atoms with van der Waals surface area (Å²) in [6.45, 7) is 2.21. The molecular formula is C17H34N2O4. The topological polar surface area (TPSA) is 113 Å². The van der Waals surface area contributed by atoms with Crippen molar-refractivity contribution in [3.8, 4) is 0 Å². The van der Waals surface area contributed by atoms with E-state index >= 15 is 0 Å². The monoisotopic (exact) mass is 330 g/mol. The quantitative estimate of drug-likeness (QED) is 0.256. The molecular weight excluding hydrogens is 296 g/mol. The zero-order valence-corrected chi connectivity index (χ0v) is 14.4. The highest BCUT2D eigenvalue weighted by Crippen LogP contribution is 2.11. The molecule has 136 valence electrons. The average Bonchev–Trinajstić information content (AvgIpc) is 2.49. The molecule has 0 heterocycles. The molecule has 0 aromatic rings. The number of carbonyl (C=O) groups is 2. The summed E-state index contributed by atoms with van der Waals surface area (Å²) in [7, 11) is 0. The van der Waals surface area contributed by atoms with Crippen molar-refractivity contribution in [1.29, 1.82) is 0 Å². The van der Waals surface area contributed by atoms with Crippen LogP contribution in [0.1, 0.15) is 84.0 Å². The van der Waals surface area contributed by atoms with Gasteiger partial charge >= 0.3 is 5.97 Å². The van der Waals surface area contributed by atoms with Crippen LogP contribution < -0.4 is 11.1 Å². The van der Waals surface area contributed by atoms with Gasteiger partial charge in [-0.05, 0) is 19.3 Å². The standard InChI is InChI=1S/C17H34N2O4/c1-2-3-4-5-6-7-8-9-10-11-16(21)19-14(17(22)23)12-13-15(18)20/h14,16,19,21H,2-13H2,1H3,(H2,18,20)(H,22,23). The summed E-state index contributed by atoms with van der Waals surface area (Å²) < 4.78 is 0. The van der Waals surface area contributed by atoms with Gasteiger partial charge in [-0.2, -0.15) is 0 Å². The van der Waals surface area contributed by atoms with Crippen LogP contribution in [0.5, 0.6) is 0 Å². The molecule has 0 spiro atoms. The average molecular weight is 330 g/mol. The van der Waals surface area contributed by atoms with Crippen LogP contribution in [0.2, 0.25) is 0 Å². The van der Waals surface area contributed by atoms with Crippen LogP contribution in [0, 0.1) is 0 Å². The Bertz CT molecular complexity index is 324. The Labute approximate surface area is 139 Å². The maximum Gasteiger partial charge on any atom is 0.320 e. The second kappa shape index (κ2) is 14.5. The molecule has 0 aliphatic rings. The fourth-order valence-electron chi connectivity index (χ4n) is 2.53. The van der Waals surface area contributed by atoms with Crippen molar-refractivity contribution >= 4 is 11.9 Å². The van der Waals surface area contributed by atoms with Crippen molar-refractivity contribution in [3.63, 3.8) is 0 Å². The molecule has 0 aromatic carbocycles. The molecule has 0 saturated heterocycles. The second-order valence-electron chi connectivity index (χ2n) is 6.20. The lowest BCUT2D eigenvalue weighted by molar-refractivity contribution is -0.140. The molecule has 5 N–H and O–H groups in total. The van der Waals surface area contributed by atoms with Gasteiger partial charge in [0, 0.05) is 6.42 Å². The van der Waals surface area contributed by atoms with Crippen LogP contribution in [0.3, 0.4) is 0 Å². The van der Waals surface area contributed by atoms with Gasteiger partial charge in [0.25, 0.3) is 0 Å². The minimum Gasteiger partial charge on any atom is -0.480 e. The normalized spacial score (nSPS) is 13.7. The van der Waals surface area contributed by atoms with Gasteiger partial charge in [0.15, 0.2) is 0 Å². The third-order valence-corrected chi connectivity index (χ3v) is 3.95. The smallest absolute Gasteiger partial charge is 0.320 e. The van der Waals surface area contributed by atoms with E-state index in [2.05, 4.69) is 12.2 Å². The zero-order valence-electron chi connectivity index (χ0n) is 14.4. The fourth-order valence-corrected chi connectivity index (χ4v) is 2.53. The van der Waals surface area contributed by atoms with E-state index in [1.807, 2.05) is 0 Å². The summed E-state index contributed by atoms with van der Waals surface area (Å²) in [5.41, 5.74) is 5.01. The maximum absolute atomic E-state index is 11.0. The minimum atomic E-state index is -1.07. The number of aliphatic hydroxyl groups excluding tert-OH is 1. The lowest BCUT2D eigenvalue weighted by atomic mass is 10.1. The first-order valence-corrected chi connectivity index (χ1v) is 8.92. The molecule has 6 nitrogen and oxygen atoms in total. The molecule has 2 unspecified atom stereocenters. The Hall–Kier alpha value is -1.14. The molecule has 0 radical (unpaired) electrons. The van der Waals surface area contributed by atoms with Gasteiger partial charge in [-0.1, -0.05) is 58.3 Å². The first kappa shape index (κ1) is 21.9. The number of nitrogens with two attached hydrogens (primary N) is 1. The van der Waals surface area contributed by atoms with Gasteiger partial charge in [0.1, 0.15) is 12.3 Å². The Morgan fingerprint density at radius 2 is 1.48 bits per heavy atom. The first-order chi connectivity index (χ1) is 11.0. The number of rotatable bonds is 16. The third kappa shape index (κ3) is 14.2. The molecule has 1 amide bonds. The van der Waals surface area contributed by atoms with Crippen LogP contribution in [0.25, 0.3) is 0 Å². The summed E-state index contributed by atoms with van der Waals surface area (Å²) in [6.07, 6.45) is 10.5. The van der Waals surface area contributed by atoms with Gasteiger partial charge in [-0.3, -0.25) is 14.9 Å². The van der Waals surface area contributed by atoms with Crippen molar-refractivity contribution in [2.75, 3.05) is 0 Å². The van der Waals surface area contributed by atoms with E-state index in [4.69, 9.17) is 10.8 Å². The predicted molar refractivity (Wildman–Crippen MR) is 90.8 cm³/mol. The first-order valence-electron chi connectivity index (χ1n) is 8.92. The van der Waals surface area contributed by atoms with Gasteiger partial charge < -0.3 is 15.9 Å². The highest BCUT2D eigenvalue weighted by molar-refractivity contribution is 5.77. The van der Waals surface area contributed by atoms with Gasteiger partial charge in [-0.15, -0.1) is 0 Å². The lowest BCUT2D eigenvalue weighted by Gasteiger charge is -2.18. The number of amides is 1. The molecule has 6 heteroatoms. The minimum absolute atomic E-state index is 0.00524. The number of primary amides is 1. The van der Waals surface area contributed by atoms with E-state index in [0.717, 1.165) is 19.3 Å². The largest absolute Gasteiger partial charge is 0.480 e. The second-order valence-corrected chi connectivity index (χ2v) is 6.20. The number of hydrogen-bond acceptors (Lipinski definition) is 4. The molecule has 0 aliphatic carbocycles. The molecule has 0 fully saturated rings. The summed E-state index contributed by atoms with van der Waals surface area (Å²) in [6, 6.07) is -0.934. The van der Waals surface area contributed by atoms with Crippen molar-refractivity contribution in [1.82, 2.24) is 5.32 Å². The van der Waals surface area contributed by atoms with E-state index in [9.17, 15) is 14.7 Å². The Kier molecular flexibility index (Phi) is 13.7.